The van der Waals surface area contributed by atoms with E-state index in [0.717, 1.165) is 15.8 Å². The number of carbonyl (C=O) groups excluding carboxylic acids is 2. The molecule has 0 aliphatic rings. The highest BCUT2D eigenvalue weighted by atomic mass is 32.1. The molecular formula is C19H18N2O3S. The number of benzene rings is 2. The summed E-state index contributed by atoms with van der Waals surface area (Å²) in [5, 5.41) is 0. The van der Waals surface area contributed by atoms with E-state index in [4.69, 9.17) is 4.74 Å². The molecule has 25 heavy (non-hydrogen) atoms. The highest BCUT2D eigenvalue weighted by Crippen LogP contribution is 2.19. The molecule has 5 nitrogen and oxygen atoms in total. The quantitative estimate of drug-likeness (QED) is 0.636. The van der Waals surface area contributed by atoms with E-state index in [1.807, 2.05) is 37.3 Å². The zero-order valence-electron chi connectivity index (χ0n) is 13.8. The van der Waals surface area contributed by atoms with Crippen LogP contribution in [0.2, 0.25) is 0 Å². The highest BCUT2D eigenvalue weighted by Gasteiger charge is 2.16. The van der Waals surface area contributed by atoms with Crippen molar-refractivity contribution in [3.05, 3.63) is 65.2 Å². The van der Waals surface area contributed by atoms with Crippen LogP contribution in [0.4, 0.5) is 0 Å². The summed E-state index contributed by atoms with van der Waals surface area (Å²) >= 11 is 1.46. The van der Waals surface area contributed by atoms with Crippen molar-refractivity contribution in [1.29, 1.82) is 0 Å². The number of hydrogen-bond acceptors (Lipinski definition) is 5. The molecule has 128 valence electrons. The summed E-state index contributed by atoms with van der Waals surface area (Å²) in [4.78, 5) is 30.3. The van der Waals surface area contributed by atoms with Gasteiger partial charge in [-0.1, -0.05) is 30.3 Å². The van der Waals surface area contributed by atoms with Gasteiger partial charge < -0.3 is 9.64 Å². The molecule has 1 aromatic heterocycles. The second-order valence-electron chi connectivity index (χ2n) is 5.50. The molecule has 0 aliphatic carbocycles. The molecule has 0 N–H and O–H groups in total. The number of thiazole rings is 1. The topological polar surface area (TPSA) is 59.5 Å². The van der Waals surface area contributed by atoms with Crippen molar-refractivity contribution in [2.45, 2.75) is 13.5 Å². The third-order valence-electron chi connectivity index (χ3n) is 3.84. The number of likely N-dealkylation sites (N-methyl/N-ethyl adjacent to an activating group) is 1. The van der Waals surface area contributed by atoms with Crippen LogP contribution in [0.1, 0.15) is 22.8 Å². The van der Waals surface area contributed by atoms with E-state index in [1.165, 1.54) is 11.3 Å². The summed E-state index contributed by atoms with van der Waals surface area (Å²) in [6.07, 6.45) is 0. The molecule has 1 heterocycles. The van der Waals surface area contributed by atoms with Gasteiger partial charge in [-0.05, 0) is 30.7 Å². The van der Waals surface area contributed by atoms with Crippen LogP contribution in [0.3, 0.4) is 0 Å². The molecule has 3 aromatic rings. The van der Waals surface area contributed by atoms with Crippen molar-refractivity contribution in [2.24, 2.45) is 0 Å². The Morgan fingerprint density at radius 1 is 1.16 bits per heavy atom. The number of rotatable bonds is 6. The van der Waals surface area contributed by atoms with Crippen LogP contribution in [0, 0.1) is 0 Å². The summed E-state index contributed by atoms with van der Waals surface area (Å²) in [6, 6.07) is 14.9. The minimum Gasteiger partial charge on any atom is -0.452 e. The molecule has 0 radical (unpaired) electrons. The largest absolute Gasteiger partial charge is 0.452 e. The van der Waals surface area contributed by atoms with E-state index in [1.54, 1.807) is 28.6 Å². The maximum absolute atomic E-state index is 12.3. The molecule has 2 aromatic carbocycles. The number of carbonyl (C=O) groups is 2. The average molecular weight is 354 g/mol. The maximum Gasteiger partial charge on any atom is 0.338 e. The first kappa shape index (κ1) is 17.1. The second kappa shape index (κ2) is 7.90. The Hall–Kier alpha value is -2.73. The van der Waals surface area contributed by atoms with Gasteiger partial charge >= 0.3 is 5.97 Å². The van der Waals surface area contributed by atoms with Gasteiger partial charge in [0.05, 0.1) is 21.3 Å². The monoisotopic (exact) mass is 354 g/mol. The third kappa shape index (κ3) is 4.22. The first-order valence-corrected chi connectivity index (χ1v) is 8.87. The van der Waals surface area contributed by atoms with E-state index >= 15 is 0 Å². The van der Waals surface area contributed by atoms with E-state index < -0.39 is 5.97 Å². The summed E-state index contributed by atoms with van der Waals surface area (Å²) in [5.41, 5.74) is 4.04. The Morgan fingerprint density at radius 2 is 1.96 bits per heavy atom. The lowest BCUT2D eigenvalue weighted by Crippen LogP contribution is -2.34. The molecule has 0 saturated heterocycles. The smallest absolute Gasteiger partial charge is 0.338 e. The Balaban J connectivity index is 1.59. The summed E-state index contributed by atoms with van der Waals surface area (Å²) < 4.78 is 6.11. The molecular weight excluding hydrogens is 336 g/mol. The number of fused-ring (bicyclic) bond motifs is 1. The summed E-state index contributed by atoms with van der Waals surface area (Å²) in [5.74, 6) is -0.710. The summed E-state index contributed by atoms with van der Waals surface area (Å²) in [6.45, 7) is 2.69. The van der Waals surface area contributed by atoms with E-state index in [2.05, 4.69) is 4.98 Å². The molecule has 0 spiro atoms. The number of hydrogen-bond donors (Lipinski definition) is 0. The average Bonchev–Trinajstić information content (AvgIpc) is 3.12. The molecule has 0 atom stereocenters. The van der Waals surface area contributed by atoms with Crippen molar-refractivity contribution in [1.82, 2.24) is 9.88 Å². The fourth-order valence-electron chi connectivity index (χ4n) is 2.46. The minimum absolute atomic E-state index is 0.210. The zero-order chi connectivity index (χ0) is 17.6. The Labute approximate surface area is 149 Å². The zero-order valence-corrected chi connectivity index (χ0v) is 14.7. The number of ether oxygens (including phenoxy) is 1. The van der Waals surface area contributed by atoms with Gasteiger partial charge in [0, 0.05) is 13.1 Å². The second-order valence-corrected chi connectivity index (χ2v) is 6.39. The Bertz CT molecular complexity index is 877. The van der Waals surface area contributed by atoms with Crippen LogP contribution < -0.4 is 0 Å². The van der Waals surface area contributed by atoms with Gasteiger partial charge in [0.15, 0.2) is 6.61 Å². The van der Waals surface area contributed by atoms with Crippen molar-refractivity contribution >= 4 is 33.4 Å². The van der Waals surface area contributed by atoms with Gasteiger partial charge in [0.1, 0.15) is 0 Å². The predicted molar refractivity (Wildman–Crippen MR) is 97.4 cm³/mol. The number of esters is 1. The van der Waals surface area contributed by atoms with Gasteiger partial charge in [-0.25, -0.2) is 9.78 Å². The minimum atomic E-state index is -0.501. The van der Waals surface area contributed by atoms with Crippen LogP contribution in [-0.4, -0.2) is 34.9 Å². The van der Waals surface area contributed by atoms with Gasteiger partial charge in [0.2, 0.25) is 0 Å². The number of aromatic nitrogens is 1. The Kier molecular flexibility index (Phi) is 5.40. The molecule has 0 aliphatic heterocycles. The number of amides is 1. The molecule has 1 amide bonds. The van der Waals surface area contributed by atoms with Crippen LogP contribution in [0.5, 0.6) is 0 Å². The summed E-state index contributed by atoms with van der Waals surface area (Å²) in [7, 11) is 0. The van der Waals surface area contributed by atoms with Crippen LogP contribution in [-0.2, 0) is 16.1 Å². The normalized spacial score (nSPS) is 10.6. The van der Waals surface area contributed by atoms with Gasteiger partial charge in [-0.15, -0.1) is 11.3 Å². The molecule has 0 bridgehead atoms. The number of nitrogens with zero attached hydrogens (tertiary/aromatic N) is 2. The maximum atomic E-state index is 12.3. The highest BCUT2D eigenvalue weighted by molar-refractivity contribution is 7.16. The van der Waals surface area contributed by atoms with Crippen LogP contribution >= 0.6 is 11.3 Å². The van der Waals surface area contributed by atoms with E-state index in [0.29, 0.717) is 18.7 Å². The van der Waals surface area contributed by atoms with Crippen molar-refractivity contribution in [3.63, 3.8) is 0 Å². The van der Waals surface area contributed by atoms with Crippen LogP contribution in [0.15, 0.2) is 54.0 Å². The van der Waals surface area contributed by atoms with Crippen molar-refractivity contribution in [2.75, 3.05) is 13.2 Å². The lowest BCUT2D eigenvalue weighted by Gasteiger charge is -2.20. The molecule has 6 heteroatoms. The van der Waals surface area contributed by atoms with Crippen molar-refractivity contribution < 1.29 is 14.3 Å². The first-order valence-electron chi connectivity index (χ1n) is 7.99. The fraction of sp³-hybridized carbons (Fsp3) is 0.211. The lowest BCUT2D eigenvalue weighted by atomic mass is 10.2. The third-order valence-corrected chi connectivity index (χ3v) is 4.64. The molecule has 0 unspecified atom stereocenters. The molecule has 3 rings (SSSR count). The standard InChI is InChI=1S/C19H18N2O3S/c1-2-21(11-14-6-4-3-5-7-14)18(22)12-24-19(23)15-8-9-16-17(10-15)25-13-20-16/h3-10,13H,2,11-12H2,1H3. The van der Waals surface area contributed by atoms with Gasteiger partial charge in [0.25, 0.3) is 5.91 Å². The lowest BCUT2D eigenvalue weighted by molar-refractivity contribution is -0.134. The predicted octanol–water partition coefficient (Wildman–Crippen LogP) is 3.50. The first-order chi connectivity index (χ1) is 12.2. The van der Waals surface area contributed by atoms with Crippen molar-refractivity contribution in [3.8, 4) is 0 Å². The van der Waals surface area contributed by atoms with Gasteiger partial charge in [-0.3, -0.25) is 4.79 Å². The van der Waals surface area contributed by atoms with E-state index in [9.17, 15) is 9.59 Å². The molecule has 0 fully saturated rings. The Morgan fingerprint density at radius 3 is 2.72 bits per heavy atom. The fourth-order valence-corrected chi connectivity index (χ4v) is 3.18. The molecule has 0 saturated carbocycles. The van der Waals surface area contributed by atoms with Gasteiger partial charge in [-0.2, -0.15) is 0 Å². The SMILES string of the molecule is CCN(Cc1ccccc1)C(=O)COC(=O)c1ccc2ncsc2c1. The van der Waals surface area contributed by atoms with E-state index in [-0.39, 0.29) is 12.5 Å². The van der Waals surface area contributed by atoms with Crippen LogP contribution in [0.25, 0.3) is 10.2 Å².